The first kappa shape index (κ1) is 8.57. The highest BCUT2D eigenvalue weighted by Gasteiger charge is 2.19. The average molecular weight is 193 g/mol. The Hall–Kier alpha value is -2.02. The number of carboxylic acids is 1. The van der Waals surface area contributed by atoms with Gasteiger partial charge in [-0.3, -0.25) is 4.79 Å². The van der Waals surface area contributed by atoms with Crippen LogP contribution in [-0.2, 0) is 4.79 Å². The van der Waals surface area contributed by atoms with Crippen molar-refractivity contribution in [1.29, 1.82) is 0 Å². The lowest BCUT2D eigenvalue weighted by Gasteiger charge is -2.03. The Kier molecular flexibility index (Phi) is 1.86. The largest absolute Gasteiger partial charge is 0.480 e. The summed E-state index contributed by atoms with van der Waals surface area (Å²) in [4.78, 5) is 18.4. The van der Waals surface area contributed by atoms with Gasteiger partial charge in [0.05, 0.1) is 24.3 Å². The Balaban J connectivity index is 2.58. The number of rotatable bonds is 2. The number of carboxylic acid groups (broad SMARTS) is 1. The lowest BCUT2D eigenvalue weighted by Crippen LogP contribution is -2.22. The minimum Gasteiger partial charge on any atom is -0.480 e. The summed E-state index contributed by atoms with van der Waals surface area (Å²) in [7, 11) is 0. The van der Waals surface area contributed by atoms with Crippen LogP contribution in [0, 0.1) is 0 Å². The van der Waals surface area contributed by atoms with Gasteiger partial charge in [0, 0.05) is 0 Å². The molecule has 0 radical (unpaired) electrons. The van der Waals surface area contributed by atoms with E-state index >= 15 is 0 Å². The summed E-state index contributed by atoms with van der Waals surface area (Å²) in [6, 6.07) is -1.14. The maximum Gasteiger partial charge on any atom is 0.326 e. The SMILES string of the molecule is NC(C(=O)O)c1cnc2nccnn12. The van der Waals surface area contributed by atoms with Gasteiger partial charge in [-0.25, -0.2) is 9.97 Å². The van der Waals surface area contributed by atoms with Crippen LogP contribution in [-0.4, -0.2) is 30.7 Å². The van der Waals surface area contributed by atoms with E-state index in [1.165, 1.54) is 23.1 Å². The summed E-state index contributed by atoms with van der Waals surface area (Å²) in [6.45, 7) is 0. The van der Waals surface area contributed by atoms with Crippen molar-refractivity contribution >= 4 is 11.7 Å². The third-order valence-corrected chi connectivity index (χ3v) is 1.77. The second kappa shape index (κ2) is 3.04. The number of aliphatic carboxylic acids is 1. The predicted octanol–water partition coefficient (Wildman–Crippen LogP) is -0.791. The molecule has 0 saturated heterocycles. The molecule has 0 saturated carbocycles. The summed E-state index contributed by atoms with van der Waals surface area (Å²) in [5, 5.41) is 12.6. The van der Waals surface area contributed by atoms with Crippen LogP contribution >= 0.6 is 0 Å². The Bertz CT molecular complexity index is 480. The molecule has 0 aliphatic heterocycles. The number of nitrogens with zero attached hydrogens (tertiary/aromatic N) is 4. The predicted molar refractivity (Wildman–Crippen MR) is 45.3 cm³/mol. The van der Waals surface area contributed by atoms with Gasteiger partial charge in [0.25, 0.3) is 5.78 Å². The summed E-state index contributed by atoms with van der Waals surface area (Å²) in [5.74, 6) is -0.795. The monoisotopic (exact) mass is 193 g/mol. The molecular weight excluding hydrogens is 186 g/mol. The van der Waals surface area contributed by atoms with E-state index in [4.69, 9.17) is 10.8 Å². The smallest absolute Gasteiger partial charge is 0.326 e. The average Bonchev–Trinajstić information content (AvgIpc) is 2.60. The van der Waals surface area contributed by atoms with Crippen LogP contribution in [0.15, 0.2) is 18.6 Å². The number of aromatic nitrogens is 4. The Morgan fingerprint density at radius 1 is 1.50 bits per heavy atom. The third kappa shape index (κ3) is 1.19. The van der Waals surface area contributed by atoms with E-state index in [2.05, 4.69) is 15.1 Å². The number of nitrogens with two attached hydrogens (primary N) is 1. The van der Waals surface area contributed by atoms with Crippen molar-refractivity contribution in [2.24, 2.45) is 5.73 Å². The third-order valence-electron chi connectivity index (χ3n) is 1.77. The Morgan fingerprint density at radius 2 is 2.29 bits per heavy atom. The molecule has 2 aromatic rings. The van der Waals surface area contributed by atoms with Crippen LogP contribution in [0.2, 0.25) is 0 Å². The second-order valence-electron chi connectivity index (χ2n) is 2.65. The molecule has 7 heteroatoms. The maximum absolute atomic E-state index is 10.6. The normalized spacial score (nSPS) is 12.9. The molecule has 0 aliphatic carbocycles. The van der Waals surface area contributed by atoms with Crippen LogP contribution < -0.4 is 5.73 Å². The molecule has 0 fully saturated rings. The van der Waals surface area contributed by atoms with Crippen molar-refractivity contribution in [1.82, 2.24) is 19.6 Å². The van der Waals surface area contributed by atoms with Crippen LogP contribution in [0.3, 0.4) is 0 Å². The van der Waals surface area contributed by atoms with Crippen molar-refractivity contribution in [3.8, 4) is 0 Å². The second-order valence-corrected chi connectivity index (χ2v) is 2.65. The molecule has 1 atom stereocenters. The van der Waals surface area contributed by atoms with Gasteiger partial charge in [-0.15, -0.1) is 0 Å². The number of carbonyl (C=O) groups is 1. The van der Waals surface area contributed by atoms with Gasteiger partial charge in [0.15, 0.2) is 0 Å². The highest BCUT2D eigenvalue weighted by Crippen LogP contribution is 2.09. The molecule has 0 aromatic carbocycles. The van der Waals surface area contributed by atoms with Gasteiger partial charge < -0.3 is 10.8 Å². The lowest BCUT2D eigenvalue weighted by atomic mass is 10.2. The fourth-order valence-electron chi connectivity index (χ4n) is 1.09. The number of fused-ring (bicyclic) bond motifs is 1. The quantitative estimate of drug-likeness (QED) is 0.647. The maximum atomic E-state index is 10.6. The molecule has 14 heavy (non-hydrogen) atoms. The van der Waals surface area contributed by atoms with Gasteiger partial charge >= 0.3 is 5.97 Å². The summed E-state index contributed by atoms with van der Waals surface area (Å²) < 4.78 is 1.30. The van der Waals surface area contributed by atoms with Crippen LogP contribution in [0.25, 0.3) is 5.78 Å². The molecule has 72 valence electrons. The Morgan fingerprint density at radius 3 is 3.00 bits per heavy atom. The van der Waals surface area contributed by atoms with E-state index in [0.29, 0.717) is 11.5 Å². The van der Waals surface area contributed by atoms with Gasteiger partial charge in [-0.2, -0.15) is 9.61 Å². The number of imidazole rings is 1. The standard InChI is InChI=1S/C7H7N5O2/c8-5(6(13)14)4-3-10-7-9-1-2-11-12(4)7/h1-3,5H,8H2,(H,13,14). The molecule has 1 unspecified atom stereocenters. The Labute approximate surface area is 78.2 Å². The van der Waals surface area contributed by atoms with Crippen LogP contribution in [0.5, 0.6) is 0 Å². The van der Waals surface area contributed by atoms with E-state index in [1.54, 1.807) is 0 Å². The zero-order valence-corrected chi connectivity index (χ0v) is 7.03. The molecule has 0 bridgehead atoms. The van der Waals surface area contributed by atoms with E-state index in [0.717, 1.165) is 0 Å². The van der Waals surface area contributed by atoms with Crippen LogP contribution in [0.4, 0.5) is 0 Å². The zero-order valence-electron chi connectivity index (χ0n) is 7.03. The molecular formula is C7H7N5O2. The summed E-state index contributed by atoms with van der Waals surface area (Å²) in [5.41, 5.74) is 5.73. The van der Waals surface area contributed by atoms with Gasteiger partial charge in [0.2, 0.25) is 0 Å². The molecule has 0 aliphatic rings. The van der Waals surface area contributed by atoms with Crippen molar-refractivity contribution in [2.75, 3.05) is 0 Å². The van der Waals surface area contributed by atoms with Crippen LogP contribution in [0.1, 0.15) is 11.7 Å². The fourth-order valence-corrected chi connectivity index (χ4v) is 1.09. The number of hydrogen-bond acceptors (Lipinski definition) is 5. The first-order chi connectivity index (χ1) is 6.70. The molecule has 0 spiro atoms. The summed E-state index contributed by atoms with van der Waals surface area (Å²) in [6.07, 6.45) is 4.26. The van der Waals surface area contributed by atoms with E-state index in [-0.39, 0.29) is 0 Å². The van der Waals surface area contributed by atoms with Crippen molar-refractivity contribution in [3.63, 3.8) is 0 Å². The minimum absolute atomic E-state index is 0.306. The molecule has 3 N–H and O–H groups in total. The highest BCUT2D eigenvalue weighted by atomic mass is 16.4. The van der Waals surface area contributed by atoms with Gasteiger partial charge in [0.1, 0.15) is 6.04 Å². The number of hydrogen-bond donors (Lipinski definition) is 2. The van der Waals surface area contributed by atoms with Crippen molar-refractivity contribution < 1.29 is 9.90 Å². The summed E-state index contributed by atoms with van der Waals surface area (Å²) >= 11 is 0. The van der Waals surface area contributed by atoms with Gasteiger partial charge in [-0.05, 0) is 0 Å². The molecule has 7 nitrogen and oxygen atoms in total. The van der Waals surface area contributed by atoms with Crippen molar-refractivity contribution in [3.05, 3.63) is 24.3 Å². The first-order valence-electron chi connectivity index (χ1n) is 3.83. The van der Waals surface area contributed by atoms with Gasteiger partial charge in [-0.1, -0.05) is 0 Å². The van der Waals surface area contributed by atoms with E-state index < -0.39 is 12.0 Å². The highest BCUT2D eigenvalue weighted by molar-refractivity contribution is 5.74. The molecule has 2 heterocycles. The van der Waals surface area contributed by atoms with E-state index in [9.17, 15) is 4.79 Å². The fraction of sp³-hybridized carbons (Fsp3) is 0.143. The molecule has 2 rings (SSSR count). The topological polar surface area (TPSA) is 106 Å². The molecule has 2 aromatic heterocycles. The first-order valence-corrected chi connectivity index (χ1v) is 3.83. The van der Waals surface area contributed by atoms with E-state index in [1.807, 2.05) is 0 Å². The minimum atomic E-state index is -1.14. The lowest BCUT2D eigenvalue weighted by molar-refractivity contribution is -0.138. The zero-order chi connectivity index (χ0) is 10.1. The molecule has 0 amide bonds. The van der Waals surface area contributed by atoms with Crippen molar-refractivity contribution in [2.45, 2.75) is 6.04 Å².